The van der Waals surface area contributed by atoms with Gasteiger partial charge in [0, 0.05) is 13.2 Å². The van der Waals surface area contributed by atoms with Crippen LogP contribution in [0.5, 0.6) is 0 Å². The molecule has 2 heterocycles. The largest absolute Gasteiger partial charge is 0.377 e. The van der Waals surface area contributed by atoms with Gasteiger partial charge in [-0.2, -0.15) is 5.10 Å². The van der Waals surface area contributed by atoms with Crippen molar-refractivity contribution in [2.75, 3.05) is 6.61 Å². The van der Waals surface area contributed by atoms with Gasteiger partial charge in [0.25, 0.3) is 0 Å². The maximum absolute atomic E-state index is 12.6. The molecular weight excluding hydrogens is 252 g/mol. The molecule has 1 aliphatic heterocycles. The van der Waals surface area contributed by atoms with Crippen LogP contribution in [0.2, 0.25) is 5.02 Å². The molecule has 2 rings (SSSR count). The molecule has 0 spiro atoms. The molecule has 1 aliphatic rings. The molecule has 0 N–H and O–H groups in total. The van der Waals surface area contributed by atoms with Gasteiger partial charge in [-0.3, -0.25) is 9.48 Å². The van der Waals surface area contributed by atoms with Crippen LogP contribution in [0.3, 0.4) is 0 Å². The first-order valence-electron chi connectivity index (χ1n) is 6.56. The van der Waals surface area contributed by atoms with E-state index >= 15 is 0 Å². The van der Waals surface area contributed by atoms with Crippen LogP contribution in [-0.2, 0) is 11.3 Å². The van der Waals surface area contributed by atoms with E-state index < -0.39 is 0 Å². The number of aromatic nitrogens is 2. The first-order valence-corrected chi connectivity index (χ1v) is 6.93. The number of nitrogens with zero attached hydrogens (tertiary/aromatic N) is 2. The lowest BCUT2D eigenvalue weighted by Gasteiger charge is -2.16. The van der Waals surface area contributed by atoms with E-state index in [2.05, 4.69) is 12.0 Å². The highest BCUT2D eigenvalue weighted by Crippen LogP contribution is 2.29. The van der Waals surface area contributed by atoms with Gasteiger partial charge in [-0.05, 0) is 19.3 Å². The van der Waals surface area contributed by atoms with Gasteiger partial charge in [0.2, 0.25) is 0 Å². The van der Waals surface area contributed by atoms with Crippen molar-refractivity contribution >= 4 is 17.4 Å². The van der Waals surface area contributed by atoms with Gasteiger partial charge in [0.1, 0.15) is 5.69 Å². The first kappa shape index (κ1) is 13.6. The highest BCUT2D eigenvalue weighted by atomic mass is 35.5. The van der Waals surface area contributed by atoms with E-state index in [4.69, 9.17) is 16.3 Å². The predicted molar refractivity (Wildman–Crippen MR) is 70.0 cm³/mol. The maximum Gasteiger partial charge on any atom is 0.188 e. The molecule has 2 atom stereocenters. The predicted octanol–water partition coefficient (Wildman–Crippen LogP) is 2.94. The normalized spacial score (nSPS) is 23.5. The molecule has 0 bridgehead atoms. The number of hydrogen-bond donors (Lipinski definition) is 0. The van der Waals surface area contributed by atoms with Crippen LogP contribution in [0.25, 0.3) is 0 Å². The zero-order valence-corrected chi connectivity index (χ0v) is 11.6. The van der Waals surface area contributed by atoms with Crippen molar-refractivity contribution < 1.29 is 9.53 Å². The lowest BCUT2D eigenvalue weighted by Crippen LogP contribution is -2.26. The Morgan fingerprint density at radius 1 is 1.61 bits per heavy atom. The minimum absolute atomic E-state index is 0.0264. The van der Waals surface area contributed by atoms with Crippen LogP contribution in [0, 0.1) is 5.92 Å². The van der Waals surface area contributed by atoms with Crippen molar-refractivity contribution in [1.82, 2.24) is 9.78 Å². The van der Waals surface area contributed by atoms with Crippen LogP contribution >= 0.6 is 11.6 Å². The quantitative estimate of drug-likeness (QED) is 0.773. The maximum atomic E-state index is 12.6. The fourth-order valence-corrected chi connectivity index (χ4v) is 2.75. The summed E-state index contributed by atoms with van der Waals surface area (Å²) in [5.74, 6) is 0.00936. The van der Waals surface area contributed by atoms with E-state index in [1.54, 1.807) is 10.9 Å². The molecule has 0 radical (unpaired) electrons. The van der Waals surface area contributed by atoms with Gasteiger partial charge in [-0.1, -0.05) is 25.4 Å². The molecule has 0 aromatic carbocycles. The van der Waals surface area contributed by atoms with Crippen molar-refractivity contribution in [2.24, 2.45) is 5.92 Å². The van der Waals surface area contributed by atoms with Crippen molar-refractivity contribution in [3.63, 3.8) is 0 Å². The Labute approximate surface area is 112 Å². The number of carbonyl (C=O) groups is 1. The van der Waals surface area contributed by atoms with Crippen molar-refractivity contribution in [1.29, 1.82) is 0 Å². The fraction of sp³-hybridized carbons (Fsp3) is 0.692. The molecule has 1 aromatic rings. The molecule has 0 saturated carbocycles. The average Bonchev–Trinajstić information content (AvgIpc) is 2.96. The van der Waals surface area contributed by atoms with Crippen LogP contribution < -0.4 is 0 Å². The first-order chi connectivity index (χ1) is 8.69. The zero-order chi connectivity index (χ0) is 13.1. The molecule has 1 fully saturated rings. The Balaban J connectivity index is 2.25. The summed E-state index contributed by atoms with van der Waals surface area (Å²) in [5.41, 5.74) is 0.549. The van der Waals surface area contributed by atoms with Gasteiger partial charge < -0.3 is 4.74 Å². The highest BCUT2D eigenvalue weighted by Gasteiger charge is 2.35. The molecule has 100 valence electrons. The highest BCUT2D eigenvalue weighted by molar-refractivity contribution is 6.33. The van der Waals surface area contributed by atoms with E-state index in [0.717, 1.165) is 25.8 Å². The van der Waals surface area contributed by atoms with Crippen LogP contribution in [-0.4, -0.2) is 28.3 Å². The second-order valence-corrected chi connectivity index (χ2v) is 5.05. The Bertz CT molecular complexity index is 431. The lowest BCUT2D eigenvalue weighted by molar-refractivity contribution is 0.0681. The van der Waals surface area contributed by atoms with Gasteiger partial charge in [-0.15, -0.1) is 0 Å². The Hall–Kier alpha value is -0.870. The van der Waals surface area contributed by atoms with Crippen LogP contribution in [0.1, 0.15) is 43.6 Å². The summed E-state index contributed by atoms with van der Waals surface area (Å²) in [6.07, 6.45) is 4.15. The third kappa shape index (κ3) is 2.45. The molecule has 1 aromatic heterocycles. The molecule has 4 nitrogen and oxygen atoms in total. The monoisotopic (exact) mass is 270 g/mol. The molecule has 0 aliphatic carbocycles. The summed E-state index contributed by atoms with van der Waals surface area (Å²) in [4.78, 5) is 12.6. The summed E-state index contributed by atoms with van der Waals surface area (Å²) >= 11 is 6.10. The van der Waals surface area contributed by atoms with Crippen LogP contribution in [0.15, 0.2) is 6.20 Å². The van der Waals surface area contributed by atoms with Crippen molar-refractivity contribution in [2.45, 2.75) is 45.8 Å². The van der Waals surface area contributed by atoms with Gasteiger partial charge in [0.15, 0.2) is 5.78 Å². The van der Waals surface area contributed by atoms with Gasteiger partial charge in [-0.25, -0.2) is 0 Å². The molecule has 18 heavy (non-hydrogen) atoms. The summed E-state index contributed by atoms with van der Waals surface area (Å²) in [6, 6.07) is 0. The SMILES string of the molecule is CCCn1ncc(Cl)c1C(=O)C1CCOC1CC. The number of hydrogen-bond acceptors (Lipinski definition) is 3. The summed E-state index contributed by atoms with van der Waals surface area (Å²) in [7, 11) is 0. The lowest BCUT2D eigenvalue weighted by atomic mass is 9.93. The summed E-state index contributed by atoms with van der Waals surface area (Å²) in [6.45, 7) is 5.48. The Kier molecular flexibility index (Phi) is 4.40. The third-order valence-corrected chi connectivity index (χ3v) is 3.69. The van der Waals surface area contributed by atoms with E-state index in [9.17, 15) is 4.79 Å². The molecular formula is C13H19ClN2O2. The molecule has 1 saturated heterocycles. The topological polar surface area (TPSA) is 44.1 Å². The van der Waals surface area contributed by atoms with Gasteiger partial charge in [0.05, 0.1) is 23.2 Å². The zero-order valence-electron chi connectivity index (χ0n) is 10.9. The minimum atomic E-state index is -0.0696. The van der Waals surface area contributed by atoms with E-state index in [1.807, 2.05) is 6.92 Å². The Morgan fingerprint density at radius 2 is 2.39 bits per heavy atom. The fourth-order valence-electron chi connectivity index (χ4n) is 2.52. The summed E-state index contributed by atoms with van der Waals surface area (Å²) < 4.78 is 7.30. The number of Topliss-reactive ketones (excluding diaryl/α,β-unsaturated/α-hetero) is 1. The second-order valence-electron chi connectivity index (χ2n) is 4.64. The van der Waals surface area contributed by atoms with Crippen molar-refractivity contribution in [3.8, 4) is 0 Å². The van der Waals surface area contributed by atoms with Gasteiger partial charge >= 0.3 is 0 Å². The third-order valence-electron chi connectivity index (χ3n) is 3.41. The van der Waals surface area contributed by atoms with Crippen molar-refractivity contribution in [3.05, 3.63) is 16.9 Å². The summed E-state index contributed by atoms with van der Waals surface area (Å²) in [5, 5.41) is 4.63. The molecule has 0 amide bonds. The second kappa shape index (κ2) is 5.85. The number of aryl methyl sites for hydroxylation is 1. The number of halogens is 1. The number of rotatable bonds is 5. The molecule has 5 heteroatoms. The van der Waals surface area contributed by atoms with E-state index in [-0.39, 0.29) is 17.8 Å². The number of ether oxygens (including phenoxy) is 1. The average molecular weight is 271 g/mol. The number of ketones is 1. The van der Waals surface area contributed by atoms with Crippen LogP contribution in [0.4, 0.5) is 0 Å². The minimum Gasteiger partial charge on any atom is -0.377 e. The van der Waals surface area contributed by atoms with E-state index in [1.165, 1.54) is 0 Å². The Morgan fingerprint density at radius 3 is 3.06 bits per heavy atom. The smallest absolute Gasteiger partial charge is 0.188 e. The van der Waals surface area contributed by atoms with E-state index in [0.29, 0.717) is 17.3 Å². The standard InChI is InChI=1S/C13H19ClN2O2/c1-3-6-16-12(10(14)8-15-16)13(17)9-5-7-18-11(9)4-2/h8-9,11H,3-7H2,1-2H3. The number of carbonyl (C=O) groups excluding carboxylic acids is 1. The molecule has 2 unspecified atom stereocenters.